The fraction of sp³-hybridized carbons (Fsp3) is 0.450. The number of rotatable bonds is 7. The molecule has 1 amide bonds. The molecule has 0 saturated carbocycles. The highest BCUT2D eigenvalue weighted by atomic mass is 32.2. The maximum absolute atomic E-state index is 12.5. The molecule has 0 aliphatic heterocycles. The van der Waals surface area contributed by atoms with Gasteiger partial charge in [-0.1, -0.05) is 57.7 Å². The normalized spacial score (nSPS) is 11.5. The quantitative estimate of drug-likeness (QED) is 0.664. The summed E-state index contributed by atoms with van der Waals surface area (Å²) in [5.41, 5.74) is 1.70. The van der Waals surface area contributed by atoms with Gasteiger partial charge in [0.15, 0.2) is 0 Å². The maximum atomic E-state index is 12.5. The van der Waals surface area contributed by atoms with Gasteiger partial charge in [0.1, 0.15) is 5.75 Å². The molecule has 0 atom stereocenters. The molecule has 0 heterocycles. The molecule has 0 unspecified atom stereocenters. The Hall–Kier alpha value is -1.68. The van der Waals surface area contributed by atoms with Crippen LogP contribution in [-0.2, 0) is 6.42 Å². The second kappa shape index (κ2) is 12.7. The number of methoxy groups -OCH3 is 1. The topological polar surface area (TPSA) is 38.3 Å². The van der Waals surface area contributed by atoms with Crippen LogP contribution in [0.2, 0.25) is 0 Å². The van der Waals surface area contributed by atoms with Crippen molar-refractivity contribution >= 4 is 17.7 Å². The summed E-state index contributed by atoms with van der Waals surface area (Å²) < 4.78 is 5.35. The van der Waals surface area contributed by atoms with Crippen LogP contribution in [0.4, 0.5) is 0 Å². The summed E-state index contributed by atoms with van der Waals surface area (Å²) in [5, 5.41) is 3.78. The molecule has 1 N–H and O–H groups in total. The number of thioether (sulfide) groups is 1. The molecule has 24 heavy (non-hydrogen) atoms. The van der Waals surface area contributed by atoms with Gasteiger partial charge in [-0.25, -0.2) is 0 Å². The van der Waals surface area contributed by atoms with E-state index in [1.54, 1.807) is 18.9 Å². The number of ether oxygens (including phenoxy) is 1. The lowest BCUT2D eigenvalue weighted by molar-refractivity contribution is 0.0966. The molecule has 0 aromatic heterocycles. The van der Waals surface area contributed by atoms with Crippen LogP contribution in [0.3, 0.4) is 0 Å². The Labute approximate surface area is 151 Å². The van der Waals surface area contributed by atoms with Crippen molar-refractivity contribution in [2.24, 2.45) is 0 Å². The van der Waals surface area contributed by atoms with E-state index in [2.05, 4.69) is 25.2 Å². The minimum atomic E-state index is -0.149. The summed E-state index contributed by atoms with van der Waals surface area (Å²) in [6, 6.07) is 5.70. The van der Waals surface area contributed by atoms with Crippen LogP contribution in [0, 0.1) is 0 Å². The van der Waals surface area contributed by atoms with Crippen molar-refractivity contribution in [1.82, 2.24) is 5.32 Å². The highest BCUT2D eigenvalue weighted by molar-refractivity contribution is 8.06. The summed E-state index contributed by atoms with van der Waals surface area (Å²) >= 11 is 1.56. The number of benzene rings is 1. The predicted octanol–water partition coefficient (Wildman–Crippen LogP) is 5.92. The number of nitrogens with one attached hydrogen (secondary N) is 1. The number of amides is 1. The van der Waals surface area contributed by atoms with E-state index < -0.39 is 0 Å². The summed E-state index contributed by atoms with van der Waals surface area (Å²) in [5.74, 6) is 0.461. The average molecular weight is 350 g/mol. The molecule has 0 radical (unpaired) electrons. The lowest BCUT2D eigenvalue weighted by Crippen LogP contribution is -2.22. The number of hydrogen-bond donors (Lipinski definition) is 1. The summed E-state index contributed by atoms with van der Waals surface area (Å²) in [4.78, 5) is 13.6. The van der Waals surface area contributed by atoms with Gasteiger partial charge in [-0.2, -0.15) is 0 Å². The molecule has 134 valence electrons. The Balaban J connectivity index is 0.00000254. The van der Waals surface area contributed by atoms with E-state index in [0.717, 1.165) is 23.4 Å². The van der Waals surface area contributed by atoms with Gasteiger partial charge in [0.05, 0.1) is 17.7 Å². The fourth-order valence-corrected chi connectivity index (χ4v) is 2.84. The molecule has 0 fully saturated rings. The van der Waals surface area contributed by atoms with Gasteiger partial charge in [0.25, 0.3) is 5.91 Å². The molecular formula is C20H31NO2S. The van der Waals surface area contributed by atoms with Crippen molar-refractivity contribution in [2.75, 3.05) is 7.11 Å². The lowest BCUT2D eigenvalue weighted by Gasteiger charge is -2.12. The van der Waals surface area contributed by atoms with Crippen molar-refractivity contribution < 1.29 is 9.53 Å². The monoisotopic (exact) mass is 349 g/mol. The molecular weight excluding hydrogens is 318 g/mol. The van der Waals surface area contributed by atoms with Crippen molar-refractivity contribution in [2.45, 2.75) is 54.4 Å². The van der Waals surface area contributed by atoms with Crippen LogP contribution in [0.25, 0.3) is 0 Å². The second-order valence-electron chi connectivity index (χ2n) is 4.82. The third-order valence-corrected chi connectivity index (χ3v) is 4.23. The molecule has 1 aromatic carbocycles. The Morgan fingerprint density at radius 2 is 1.96 bits per heavy atom. The first kappa shape index (κ1) is 22.3. The summed E-state index contributed by atoms with van der Waals surface area (Å²) in [6.45, 7) is 12.1. The number of carbonyl (C=O) groups excluding carboxylic acids is 1. The highest BCUT2D eigenvalue weighted by Gasteiger charge is 2.14. The van der Waals surface area contributed by atoms with Crippen LogP contribution in [0.1, 0.15) is 63.9 Å². The van der Waals surface area contributed by atoms with Gasteiger partial charge in [-0.05, 0) is 49.3 Å². The number of hydrogen-bond acceptors (Lipinski definition) is 3. The zero-order chi connectivity index (χ0) is 18.5. The van der Waals surface area contributed by atoms with Crippen LogP contribution in [-0.4, -0.2) is 13.0 Å². The Morgan fingerprint density at radius 1 is 1.29 bits per heavy atom. The van der Waals surface area contributed by atoms with E-state index in [-0.39, 0.29) is 5.91 Å². The van der Waals surface area contributed by atoms with Gasteiger partial charge >= 0.3 is 0 Å². The summed E-state index contributed by atoms with van der Waals surface area (Å²) in [7, 11) is 1.59. The molecule has 0 spiro atoms. The van der Waals surface area contributed by atoms with E-state index in [0.29, 0.717) is 11.3 Å². The first-order chi connectivity index (χ1) is 11.5. The van der Waals surface area contributed by atoms with Crippen molar-refractivity contribution in [1.29, 1.82) is 0 Å². The van der Waals surface area contributed by atoms with E-state index in [4.69, 9.17) is 4.74 Å². The van der Waals surface area contributed by atoms with Crippen molar-refractivity contribution in [3.8, 4) is 5.75 Å². The molecule has 0 aliphatic carbocycles. The first-order valence-corrected chi connectivity index (χ1v) is 9.36. The predicted molar refractivity (Wildman–Crippen MR) is 107 cm³/mol. The Morgan fingerprint density at radius 3 is 2.46 bits per heavy atom. The van der Waals surface area contributed by atoms with Crippen LogP contribution < -0.4 is 10.1 Å². The Bertz CT molecular complexity index is 577. The van der Waals surface area contributed by atoms with Gasteiger partial charge in [0.2, 0.25) is 0 Å². The van der Waals surface area contributed by atoms with Crippen molar-refractivity contribution in [3.63, 3.8) is 0 Å². The smallest absolute Gasteiger partial charge is 0.259 e. The summed E-state index contributed by atoms with van der Waals surface area (Å²) in [6.07, 6.45) is 5.94. The molecule has 1 aromatic rings. The standard InChI is InChI=1S/C18H25NO2S.C2H6/c1-6-9-13(4)22-17(8-3)19-18(20)15-11-10-14(7-2)12-16(15)21-5;1-2/h8-12H,6-7H2,1-5H3,(H,19,20);1-2H3/b13-9-,17-8-;. The zero-order valence-corrected chi connectivity index (χ0v) is 16.8. The lowest BCUT2D eigenvalue weighted by atomic mass is 10.1. The second-order valence-corrected chi connectivity index (χ2v) is 6.11. The first-order valence-electron chi connectivity index (χ1n) is 8.54. The van der Waals surface area contributed by atoms with Gasteiger partial charge < -0.3 is 10.1 Å². The molecule has 0 saturated heterocycles. The molecule has 3 nitrogen and oxygen atoms in total. The number of carbonyl (C=O) groups is 1. The van der Waals surface area contributed by atoms with Crippen LogP contribution >= 0.6 is 11.8 Å². The third kappa shape index (κ3) is 7.26. The Kier molecular flexibility index (Phi) is 11.8. The van der Waals surface area contributed by atoms with E-state index in [9.17, 15) is 4.79 Å². The van der Waals surface area contributed by atoms with Crippen LogP contribution in [0.5, 0.6) is 5.75 Å². The molecule has 0 bridgehead atoms. The zero-order valence-electron chi connectivity index (χ0n) is 16.0. The number of allylic oxidation sites excluding steroid dienone is 3. The SMILES string of the molecule is C/C=C(/NC(=O)c1ccc(CC)cc1OC)S/C(C)=C\CC.CC. The van der Waals surface area contributed by atoms with Gasteiger partial charge in [0, 0.05) is 0 Å². The van der Waals surface area contributed by atoms with Crippen molar-refractivity contribution in [3.05, 3.63) is 51.4 Å². The maximum Gasteiger partial charge on any atom is 0.259 e. The van der Waals surface area contributed by atoms with Crippen LogP contribution in [0.15, 0.2) is 40.3 Å². The molecule has 1 rings (SSSR count). The average Bonchev–Trinajstić information content (AvgIpc) is 2.62. The highest BCUT2D eigenvalue weighted by Crippen LogP contribution is 2.25. The third-order valence-electron chi connectivity index (χ3n) is 3.18. The molecule has 4 heteroatoms. The molecule has 0 aliphatic rings. The minimum Gasteiger partial charge on any atom is -0.496 e. The van der Waals surface area contributed by atoms with Gasteiger partial charge in [-0.15, -0.1) is 0 Å². The van der Waals surface area contributed by atoms with Gasteiger partial charge in [-0.3, -0.25) is 4.79 Å². The number of aryl methyl sites for hydroxylation is 1. The van der Waals surface area contributed by atoms with E-state index in [1.807, 2.05) is 52.0 Å². The fourth-order valence-electron chi connectivity index (χ4n) is 1.98. The van der Waals surface area contributed by atoms with E-state index >= 15 is 0 Å². The minimum absolute atomic E-state index is 0.149. The largest absolute Gasteiger partial charge is 0.496 e. The van der Waals surface area contributed by atoms with E-state index in [1.165, 1.54) is 4.91 Å².